The Hall–Kier alpha value is -2.63. The maximum absolute atomic E-state index is 13.9. The van der Waals surface area contributed by atoms with Crippen molar-refractivity contribution in [3.8, 4) is 0 Å². The van der Waals surface area contributed by atoms with Crippen LogP contribution < -0.4 is 5.32 Å². The minimum atomic E-state index is -1.00. The van der Waals surface area contributed by atoms with Gasteiger partial charge in [-0.25, -0.2) is 0 Å². The molecule has 35 heavy (non-hydrogen) atoms. The molecule has 1 aliphatic carbocycles. The Labute approximate surface area is 210 Å². The van der Waals surface area contributed by atoms with Gasteiger partial charge in [-0.3, -0.25) is 14.3 Å². The van der Waals surface area contributed by atoms with Crippen LogP contribution in [0, 0.1) is 0 Å². The second kappa shape index (κ2) is 10.2. The van der Waals surface area contributed by atoms with E-state index in [9.17, 15) is 9.59 Å². The topological polar surface area (TPSA) is 67.2 Å². The summed E-state index contributed by atoms with van der Waals surface area (Å²) in [6.07, 6.45) is 8.07. The van der Waals surface area contributed by atoms with Crippen molar-refractivity contribution in [1.82, 2.24) is 20.0 Å². The van der Waals surface area contributed by atoms with Gasteiger partial charge in [0.1, 0.15) is 11.2 Å². The number of carbonyl (C=O) groups is 2. The lowest BCUT2D eigenvalue weighted by atomic mass is 9.89. The van der Waals surface area contributed by atoms with Gasteiger partial charge in [-0.1, -0.05) is 90.1 Å². The highest BCUT2D eigenvalue weighted by Gasteiger charge is 2.49. The fraction of sp³-hybridized carbons (Fsp3) is 0.621. The average Bonchev–Trinajstić information content (AvgIpc) is 3.23. The highest BCUT2D eigenvalue weighted by molar-refractivity contribution is 5.99. The van der Waals surface area contributed by atoms with Gasteiger partial charge in [0.15, 0.2) is 0 Å². The van der Waals surface area contributed by atoms with E-state index in [4.69, 9.17) is 5.10 Å². The molecular weight excluding hydrogens is 436 g/mol. The Balaban J connectivity index is 1.65. The van der Waals surface area contributed by atoms with Gasteiger partial charge in [-0.05, 0) is 37.3 Å². The Morgan fingerprint density at radius 3 is 2.37 bits per heavy atom. The number of fused-ring (bicyclic) bond motifs is 1. The molecule has 1 aliphatic heterocycles. The van der Waals surface area contributed by atoms with Gasteiger partial charge in [0.2, 0.25) is 5.91 Å². The zero-order valence-electron chi connectivity index (χ0n) is 22.1. The monoisotopic (exact) mass is 478 g/mol. The molecule has 0 unspecified atom stereocenters. The van der Waals surface area contributed by atoms with Crippen molar-refractivity contribution in [2.75, 3.05) is 6.54 Å². The fourth-order valence-corrected chi connectivity index (χ4v) is 5.40. The van der Waals surface area contributed by atoms with E-state index in [1.165, 1.54) is 19.3 Å². The fourth-order valence-electron chi connectivity index (χ4n) is 5.40. The number of hydrogen-bond acceptors (Lipinski definition) is 3. The number of aromatic nitrogens is 2. The predicted molar refractivity (Wildman–Crippen MR) is 139 cm³/mol. The van der Waals surface area contributed by atoms with Crippen LogP contribution in [-0.4, -0.2) is 44.6 Å². The van der Waals surface area contributed by atoms with Crippen molar-refractivity contribution in [2.45, 2.75) is 109 Å². The maximum atomic E-state index is 13.9. The van der Waals surface area contributed by atoms with Crippen molar-refractivity contribution in [3.05, 3.63) is 53.3 Å². The van der Waals surface area contributed by atoms with E-state index in [2.05, 4.69) is 45.1 Å². The second-order valence-electron chi connectivity index (χ2n) is 11.8. The molecule has 190 valence electrons. The largest absolute Gasteiger partial charge is 0.351 e. The first-order chi connectivity index (χ1) is 16.6. The van der Waals surface area contributed by atoms with Crippen molar-refractivity contribution in [1.29, 1.82) is 0 Å². The molecule has 0 saturated heterocycles. The molecule has 2 aliphatic rings. The molecule has 0 spiro atoms. The Morgan fingerprint density at radius 2 is 1.74 bits per heavy atom. The molecule has 2 amide bonds. The molecule has 1 aromatic carbocycles. The lowest BCUT2D eigenvalue weighted by molar-refractivity contribution is -0.134. The minimum Gasteiger partial charge on any atom is -0.351 e. The molecule has 1 N–H and O–H groups in total. The summed E-state index contributed by atoms with van der Waals surface area (Å²) in [7, 11) is 0. The first kappa shape index (κ1) is 25.5. The van der Waals surface area contributed by atoms with E-state index in [0.29, 0.717) is 18.8 Å². The van der Waals surface area contributed by atoms with E-state index >= 15 is 0 Å². The normalized spacial score (nSPS) is 22.8. The molecule has 0 radical (unpaired) electrons. The highest BCUT2D eigenvalue weighted by atomic mass is 16.2. The third-order valence-corrected chi connectivity index (χ3v) is 7.82. The predicted octanol–water partition coefficient (Wildman–Crippen LogP) is 5.43. The van der Waals surface area contributed by atoms with E-state index in [1.807, 2.05) is 36.1 Å². The molecule has 2 heterocycles. The van der Waals surface area contributed by atoms with Crippen LogP contribution in [0.1, 0.15) is 107 Å². The van der Waals surface area contributed by atoms with Crippen LogP contribution in [0.3, 0.4) is 0 Å². The van der Waals surface area contributed by atoms with Crippen LogP contribution in [0.4, 0.5) is 0 Å². The number of carbonyl (C=O) groups excluding carboxylic acids is 2. The summed E-state index contributed by atoms with van der Waals surface area (Å²) in [5.41, 5.74) is 1.44. The lowest BCUT2D eigenvalue weighted by Gasteiger charge is -2.45. The van der Waals surface area contributed by atoms with Crippen molar-refractivity contribution < 1.29 is 9.59 Å². The van der Waals surface area contributed by atoms with Gasteiger partial charge in [-0.2, -0.15) is 5.10 Å². The first-order valence-corrected chi connectivity index (χ1v) is 13.4. The standard InChI is InChI=1S/C29H42N4O2/c1-21(22-14-10-9-11-15-22)19-32-26(34)24-18-25(28(2,3)4)31-33(24)20-29(32,5)27(35)30-23-16-12-7-6-8-13-17-23/h9-11,14-15,18,21,23H,6-8,12-13,16-17,19-20H2,1-5H3,(H,30,35)/t21-,29+/m1/s1. The number of rotatable bonds is 5. The third kappa shape index (κ3) is 5.46. The number of benzene rings is 1. The number of nitrogens with one attached hydrogen (secondary N) is 1. The van der Waals surface area contributed by atoms with E-state index < -0.39 is 5.54 Å². The van der Waals surface area contributed by atoms with Crippen LogP contribution in [0.15, 0.2) is 36.4 Å². The van der Waals surface area contributed by atoms with Crippen LogP contribution in [0.25, 0.3) is 0 Å². The molecule has 1 saturated carbocycles. The molecule has 6 heteroatoms. The molecule has 2 aromatic rings. The van der Waals surface area contributed by atoms with E-state index in [0.717, 1.165) is 36.9 Å². The van der Waals surface area contributed by atoms with Gasteiger partial charge >= 0.3 is 0 Å². The zero-order chi connectivity index (χ0) is 25.2. The Kier molecular flexibility index (Phi) is 7.39. The SMILES string of the molecule is C[C@H](CN1C(=O)c2cc(C(C)(C)C)nn2C[C@@]1(C)C(=O)NC1CCCCCCC1)c1ccccc1. The molecule has 1 fully saturated rings. The maximum Gasteiger partial charge on any atom is 0.273 e. The zero-order valence-corrected chi connectivity index (χ0v) is 22.1. The summed E-state index contributed by atoms with van der Waals surface area (Å²) < 4.78 is 1.77. The van der Waals surface area contributed by atoms with Gasteiger partial charge in [0.25, 0.3) is 5.91 Å². The van der Waals surface area contributed by atoms with Crippen LogP contribution >= 0.6 is 0 Å². The summed E-state index contributed by atoms with van der Waals surface area (Å²) in [5.74, 6) is -0.0716. The minimum absolute atomic E-state index is 0.0601. The van der Waals surface area contributed by atoms with E-state index in [-0.39, 0.29) is 29.2 Å². The summed E-state index contributed by atoms with van der Waals surface area (Å²) in [6.45, 7) is 11.2. The van der Waals surface area contributed by atoms with Gasteiger partial charge < -0.3 is 10.2 Å². The van der Waals surface area contributed by atoms with Gasteiger partial charge in [0.05, 0.1) is 12.2 Å². The number of amides is 2. The molecule has 1 aromatic heterocycles. The summed E-state index contributed by atoms with van der Waals surface area (Å²) in [5, 5.41) is 8.14. The average molecular weight is 479 g/mol. The molecule has 4 rings (SSSR count). The summed E-state index contributed by atoms with van der Waals surface area (Å²) in [6, 6.07) is 12.3. The molecule has 6 nitrogen and oxygen atoms in total. The van der Waals surface area contributed by atoms with Gasteiger partial charge in [0, 0.05) is 18.0 Å². The van der Waals surface area contributed by atoms with E-state index in [1.54, 1.807) is 4.68 Å². The van der Waals surface area contributed by atoms with Crippen molar-refractivity contribution >= 4 is 11.8 Å². The summed E-state index contributed by atoms with van der Waals surface area (Å²) in [4.78, 5) is 29.7. The Bertz CT molecular complexity index is 1030. The van der Waals surface area contributed by atoms with Crippen molar-refractivity contribution in [3.63, 3.8) is 0 Å². The second-order valence-corrected chi connectivity index (χ2v) is 11.8. The van der Waals surface area contributed by atoms with Crippen LogP contribution in [0.2, 0.25) is 0 Å². The molecular formula is C29H42N4O2. The van der Waals surface area contributed by atoms with Crippen LogP contribution in [0.5, 0.6) is 0 Å². The number of hydrogen-bond donors (Lipinski definition) is 1. The first-order valence-electron chi connectivity index (χ1n) is 13.4. The van der Waals surface area contributed by atoms with Crippen LogP contribution in [-0.2, 0) is 16.8 Å². The Morgan fingerprint density at radius 1 is 1.11 bits per heavy atom. The van der Waals surface area contributed by atoms with Crippen molar-refractivity contribution in [2.24, 2.45) is 0 Å². The quantitative estimate of drug-likeness (QED) is 0.623. The summed E-state index contributed by atoms with van der Waals surface area (Å²) >= 11 is 0. The third-order valence-electron chi connectivity index (χ3n) is 7.82. The molecule has 0 bridgehead atoms. The number of nitrogens with zero attached hydrogens (tertiary/aromatic N) is 3. The molecule has 2 atom stereocenters. The highest BCUT2D eigenvalue weighted by Crippen LogP contribution is 2.33. The smallest absolute Gasteiger partial charge is 0.273 e. The van der Waals surface area contributed by atoms with Gasteiger partial charge in [-0.15, -0.1) is 0 Å². The lowest BCUT2D eigenvalue weighted by Crippen LogP contribution is -2.65.